The highest BCUT2D eigenvalue weighted by atomic mass is 16.5. The summed E-state index contributed by atoms with van der Waals surface area (Å²) < 4.78 is 4.97. The molecule has 1 amide bonds. The van der Waals surface area contributed by atoms with Crippen LogP contribution in [0.4, 0.5) is 5.69 Å². The molecule has 1 heterocycles. The molecule has 0 spiro atoms. The Morgan fingerprint density at radius 2 is 2.19 bits per heavy atom. The largest absolute Gasteiger partial charge is 0.375 e. The van der Waals surface area contributed by atoms with Crippen molar-refractivity contribution in [1.82, 2.24) is 0 Å². The zero-order valence-electron chi connectivity index (χ0n) is 13.4. The van der Waals surface area contributed by atoms with Crippen molar-refractivity contribution in [3.63, 3.8) is 0 Å². The Kier molecular flexibility index (Phi) is 5.01. The third-order valence-corrected chi connectivity index (χ3v) is 4.22. The van der Waals surface area contributed by atoms with Crippen LogP contribution in [0.2, 0.25) is 0 Å². The second-order valence-electron chi connectivity index (χ2n) is 6.32. The average molecular weight is 290 g/mol. The van der Waals surface area contributed by atoms with Crippen LogP contribution in [0.3, 0.4) is 0 Å². The summed E-state index contributed by atoms with van der Waals surface area (Å²) >= 11 is 0. The molecule has 1 aliphatic heterocycles. The quantitative estimate of drug-likeness (QED) is 0.904. The average Bonchev–Trinajstić information content (AvgIpc) is 2.73. The molecular weight excluding hydrogens is 264 g/mol. The topological polar surface area (TPSA) is 55.6 Å². The van der Waals surface area contributed by atoms with Crippen molar-refractivity contribution >= 4 is 11.6 Å². The molecule has 1 aliphatic rings. The summed E-state index contributed by atoms with van der Waals surface area (Å²) in [6, 6.07) is 6.71. The van der Waals surface area contributed by atoms with Crippen LogP contribution in [0.5, 0.6) is 0 Å². The summed E-state index contributed by atoms with van der Waals surface area (Å²) in [7, 11) is 1.55. The molecule has 116 valence electrons. The number of nitrogens with two attached hydrogens (primary N) is 1. The minimum absolute atomic E-state index is 0.0235. The Morgan fingerprint density at radius 3 is 2.81 bits per heavy atom. The third kappa shape index (κ3) is 3.44. The number of hydrogen-bond donors (Lipinski definition) is 1. The molecule has 1 aromatic rings. The molecule has 4 heteroatoms. The molecule has 0 saturated carbocycles. The summed E-state index contributed by atoms with van der Waals surface area (Å²) in [5.74, 6) is 0.493. The number of carbonyl (C=O) groups is 1. The highest BCUT2D eigenvalue weighted by Crippen LogP contribution is 2.33. The Hall–Kier alpha value is -1.39. The number of hydrogen-bond acceptors (Lipinski definition) is 3. The van der Waals surface area contributed by atoms with E-state index in [-0.39, 0.29) is 24.6 Å². The number of carbonyl (C=O) groups excluding carboxylic acids is 1. The van der Waals surface area contributed by atoms with Gasteiger partial charge >= 0.3 is 0 Å². The van der Waals surface area contributed by atoms with Crippen LogP contribution in [0, 0.1) is 5.92 Å². The number of nitrogens with zero attached hydrogens (tertiary/aromatic N) is 1. The van der Waals surface area contributed by atoms with Crippen LogP contribution in [-0.4, -0.2) is 31.7 Å². The first kappa shape index (κ1) is 16.0. The third-order valence-electron chi connectivity index (χ3n) is 4.22. The van der Waals surface area contributed by atoms with Crippen LogP contribution in [0.1, 0.15) is 31.9 Å². The van der Waals surface area contributed by atoms with E-state index in [9.17, 15) is 4.79 Å². The van der Waals surface area contributed by atoms with E-state index >= 15 is 0 Å². The fourth-order valence-electron chi connectivity index (χ4n) is 2.89. The first-order chi connectivity index (χ1) is 9.93. The molecule has 0 aromatic heterocycles. The second kappa shape index (κ2) is 6.58. The molecule has 2 unspecified atom stereocenters. The van der Waals surface area contributed by atoms with Gasteiger partial charge in [-0.2, -0.15) is 0 Å². The molecule has 21 heavy (non-hydrogen) atoms. The Labute approximate surface area is 127 Å². The molecule has 0 bridgehead atoms. The Bertz CT molecular complexity index is 514. The summed E-state index contributed by atoms with van der Waals surface area (Å²) in [4.78, 5) is 14.0. The number of rotatable bonds is 5. The minimum Gasteiger partial charge on any atom is -0.375 e. The van der Waals surface area contributed by atoms with Gasteiger partial charge in [0, 0.05) is 24.9 Å². The van der Waals surface area contributed by atoms with Crippen molar-refractivity contribution in [1.29, 1.82) is 0 Å². The van der Waals surface area contributed by atoms with Crippen LogP contribution in [0.25, 0.3) is 0 Å². The first-order valence-corrected chi connectivity index (χ1v) is 7.62. The van der Waals surface area contributed by atoms with E-state index in [2.05, 4.69) is 39.0 Å². The molecule has 0 fully saturated rings. The van der Waals surface area contributed by atoms with Crippen LogP contribution in [0.15, 0.2) is 18.2 Å². The SMILES string of the molecule is COCC(=O)N1c2ccc(CC(N)C(C)C)cc2CC1C. The second-order valence-corrected chi connectivity index (χ2v) is 6.32. The fraction of sp³-hybridized carbons (Fsp3) is 0.588. The van der Waals surface area contributed by atoms with Gasteiger partial charge in [-0.25, -0.2) is 0 Å². The smallest absolute Gasteiger partial charge is 0.253 e. The lowest BCUT2D eigenvalue weighted by Gasteiger charge is -2.22. The number of amides is 1. The van der Waals surface area contributed by atoms with Gasteiger partial charge in [-0.3, -0.25) is 4.79 Å². The number of fused-ring (bicyclic) bond motifs is 1. The van der Waals surface area contributed by atoms with E-state index < -0.39 is 0 Å². The Balaban J connectivity index is 2.19. The number of ether oxygens (including phenoxy) is 1. The summed E-state index contributed by atoms with van der Waals surface area (Å²) in [5.41, 5.74) is 9.66. The van der Waals surface area contributed by atoms with E-state index in [1.54, 1.807) is 7.11 Å². The van der Waals surface area contributed by atoms with Crippen molar-refractivity contribution < 1.29 is 9.53 Å². The first-order valence-electron chi connectivity index (χ1n) is 7.62. The van der Waals surface area contributed by atoms with Crippen molar-refractivity contribution in [2.24, 2.45) is 11.7 Å². The molecule has 0 saturated heterocycles. The van der Waals surface area contributed by atoms with E-state index in [4.69, 9.17) is 10.5 Å². The van der Waals surface area contributed by atoms with Crippen molar-refractivity contribution in [2.45, 2.75) is 45.7 Å². The molecule has 1 aromatic carbocycles. The minimum atomic E-state index is 0.0235. The van der Waals surface area contributed by atoms with Gasteiger partial charge in [0.1, 0.15) is 6.61 Å². The van der Waals surface area contributed by atoms with Gasteiger partial charge in [0.05, 0.1) is 0 Å². The van der Waals surface area contributed by atoms with Crippen LogP contribution in [-0.2, 0) is 22.4 Å². The molecule has 2 atom stereocenters. The van der Waals surface area contributed by atoms with Gasteiger partial charge in [0.15, 0.2) is 0 Å². The molecule has 4 nitrogen and oxygen atoms in total. The lowest BCUT2D eigenvalue weighted by molar-refractivity contribution is -0.122. The molecule has 0 aliphatic carbocycles. The van der Waals surface area contributed by atoms with Gasteiger partial charge in [0.2, 0.25) is 0 Å². The van der Waals surface area contributed by atoms with E-state index in [0.29, 0.717) is 5.92 Å². The van der Waals surface area contributed by atoms with Gasteiger partial charge in [-0.05, 0) is 42.9 Å². The standard InChI is InChI=1S/C17H26N2O2/c1-11(2)15(18)9-13-5-6-16-14(8-13)7-12(3)19(16)17(20)10-21-4/h5-6,8,11-12,15H,7,9-10,18H2,1-4H3. The van der Waals surface area contributed by atoms with Gasteiger partial charge in [-0.1, -0.05) is 26.0 Å². The maximum absolute atomic E-state index is 12.2. The molecule has 0 radical (unpaired) electrons. The predicted octanol–water partition coefficient (Wildman–Crippen LogP) is 2.14. The van der Waals surface area contributed by atoms with Gasteiger partial charge < -0.3 is 15.4 Å². The van der Waals surface area contributed by atoms with E-state index in [0.717, 1.165) is 18.5 Å². The number of methoxy groups -OCH3 is 1. The zero-order valence-corrected chi connectivity index (χ0v) is 13.4. The van der Waals surface area contributed by atoms with Crippen molar-refractivity contribution in [3.05, 3.63) is 29.3 Å². The zero-order chi connectivity index (χ0) is 15.6. The monoisotopic (exact) mass is 290 g/mol. The summed E-state index contributed by atoms with van der Waals surface area (Å²) in [6.07, 6.45) is 1.78. The maximum atomic E-state index is 12.2. The summed E-state index contributed by atoms with van der Waals surface area (Å²) in [5, 5.41) is 0. The van der Waals surface area contributed by atoms with Crippen LogP contribution >= 0.6 is 0 Å². The lowest BCUT2D eigenvalue weighted by atomic mass is 9.96. The Morgan fingerprint density at radius 1 is 1.48 bits per heavy atom. The van der Waals surface area contributed by atoms with Crippen molar-refractivity contribution in [2.75, 3.05) is 18.6 Å². The fourth-order valence-corrected chi connectivity index (χ4v) is 2.89. The highest BCUT2D eigenvalue weighted by molar-refractivity contribution is 5.97. The molecule has 2 N–H and O–H groups in total. The number of anilines is 1. The highest BCUT2D eigenvalue weighted by Gasteiger charge is 2.30. The maximum Gasteiger partial charge on any atom is 0.253 e. The summed E-state index contributed by atoms with van der Waals surface area (Å²) in [6.45, 7) is 6.49. The predicted molar refractivity (Wildman–Crippen MR) is 85.5 cm³/mol. The van der Waals surface area contributed by atoms with Gasteiger partial charge in [0.25, 0.3) is 5.91 Å². The van der Waals surface area contributed by atoms with E-state index in [1.165, 1.54) is 11.1 Å². The number of benzene rings is 1. The van der Waals surface area contributed by atoms with Gasteiger partial charge in [-0.15, -0.1) is 0 Å². The van der Waals surface area contributed by atoms with E-state index in [1.807, 2.05) is 4.90 Å². The van der Waals surface area contributed by atoms with Crippen LogP contribution < -0.4 is 10.6 Å². The normalized spacial score (nSPS) is 19.0. The molecular formula is C17H26N2O2. The lowest BCUT2D eigenvalue weighted by Crippen LogP contribution is -2.38. The van der Waals surface area contributed by atoms with Crippen molar-refractivity contribution in [3.8, 4) is 0 Å². The molecule has 2 rings (SSSR count).